The van der Waals surface area contributed by atoms with Crippen LogP contribution in [0, 0.1) is 13.8 Å². The lowest BCUT2D eigenvalue weighted by Gasteiger charge is -2.21. The topological polar surface area (TPSA) is 38.7 Å². The van der Waals surface area contributed by atoms with E-state index in [1.165, 1.54) is 38.2 Å². The Kier molecular flexibility index (Phi) is 6.94. The number of hydrogen-bond donors (Lipinski definition) is 0. The van der Waals surface area contributed by atoms with Gasteiger partial charge in [0.2, 0.25) is 0 Å². The molecule has 0 amide bonds. The number of aromatic nitrogens is 3. The number of pyridine rings is 3. The number of para-hydroxylation sites is 1. The quantitative estimate of drug-likeness (QED) is 0.139. The van der Waals surface area contributed by atoms with E-state index in [2.05, 4.69) is 172 Å². The van der Waals surface area contributed by atoms with Gasteiger partial charge in [-0.1, -0.05) is 140 Å². The summed E-state index contributed by atoms with van der Waals surface area (Å²) in [6.45, 7) is 4.55. The third-order valence-corrected chi connectivity index (χ3v) is 10.6. The van der Waals surface area contributed by atoms with Gasteiger partial charge < -0.3 is 0 Å². The molecule has 10 rings (SSSR count). The van der Waals surface area contributed by atoms with Gasteiger partial charge in [0.25, 0.3) is 0 Å². The Morgan fingerprint density at radius 3 is 1.38 bits per heavy atom. The van der Waals surface area contributed by atoms with Gasteiger partial charge in [-0.2, -0.15) is 0 Å². The van der Waals surface area contributed by atoms with Crippen LogP contribution in [0.15, 0.2) is 164 Å². The molecule has 0 spiro atoms. The van der Waals surface area contributed by atoms with Crippen LogP contribution in [0.5, 0.6) is 0 Å². The van der Waals surface area contributed by atoms with Crippen molar-refractivity contribution in [3.05, 3.63) is 175 Å². The second-order valence-electron chi connectivity index (χ2n) is 13.6. The number of fused-ring (bicyclic) bond motifs is 7. The average molecular weight is 664 g/mol. The van der Waals surface area contributed by atoms with Crippen LogP contribution < -0.4 is 0 Å². The Hall–Kier alpha value is -6.71. The van der Waals surface area contributed by atoms with E-state index in [9.17, 15) is 0 Å². The lowest BCUT2D eigenvalue weighted by molar-refractivity contribution is 1.38. The second-order valence-corrected chi connectivity index (χ2v) is 13.6. The number of hydrogen-bond acceptors (Lipinski definition) is 3. The van der Waals surface area contributed by atoms with Gasteiger partial charge in [-0.15, -0.1) is 0 Å². The monoisotopic (exact) mass is 663 g/mol. The van der Waals surface area contributed by atoms with Gasteiger partial charge in [-0.3, -0.25) is 0 Å². The van der Waals surface area contributed by atoms with Crippen molar-refractivity contribution in [1.82, 2.24) is 15.0 Å². The predicted octanol–water partition coefficient (Wildman–Crippen LogP) is 12.9. The lowest BCUT2D eigenvalue weighted by atomic mass is 9.85. The predicted molar refractivity (Wildman–Crippen MR) is 219 cm³/mol. The van der Waals surface area contributed by atoms with Crippen molar-refractivity contribution >= 4 is 54.3 Å². The zero-order chi connectivity index (χ0) is 34.8. The summed E-state index contributed by atoms with van der Waals surface area (Å²) in [6.07, 6.45) is 0. The molecule has 0 aliphatic rings. The molecule has 0 fully saturated rings. The van der Waals surface area contributed by atoms with Gasteiger partial charge >= 0.3 is 0 Å². The summed E-state index contributed by atoms with van der Waals surface area (Å²) in [7, 11) is 0. The van der Waals surface area contributed by atoms with Crippen LogP contribution in [0.3, 0.4) is 0 Å². The Morgan fingerprint density at radius 1 is 0.327 bits per heavy atom. The first-order chi connectivity index (χ1) is 25.6. The van der Waals surface area contributed by atoms with Crippen molar-refractivity contribution < 1.29 is 0 Å². The van der Waals surface area contributed by atoms with Gasteiger partial charge in [-0.25, -0.2) is 15.0 Å². The summed E-state index contributed by atoms with van der Waals surface area (Å²) in [5.41, 5.74) is 13.8. The minimum atomic E-state index is 0.937. The minimum Gasteiger partial charge on any atom is -0.248 e. The van der Waals surface area contributed by atoms with Crippen molar-refractivity contribution in [3.63, 3.8) is 0 Å². The Bertz CT molecular complexity index is 3010. The van der Waals surface area contributed by atoms with Crippen LogP contribution in [0.1, 0.15) is 11.1 Å². The SMILES string of the molecule is Cc1c2c(-c3ccccc3)nc3cc(-c4ccc5ccccc5n4)ccc3c2c(C)c2c(-c3ccccc3)nc3cc(-c4ccccc4)ccc3c12. The van der Waals surface area contributed by atoms with Crippen molar-refractivity contribution in [3.8, 4) is 44.9 Å². The molecular weight excluding hydrogens is 631 g/mol. The van der Waals surface area contributed by atoms with Crippen molar-refractivity contribution in [1.29, 1.82) is 0 Å². The normalized spacial score (nSPS) is 11.7. The van der Waals surface area contributed by atoms with E-state index in [4.69, 9.17) is 15.0 Å². The zero-order valence-electron chi connectivity index (χ0n) is 28.9. The van der Waals surface area contributed by atoms with E-state index in [0.29, 0.717) is 0 Å². The molecule has 3 aromatic heterocycles. The fourth-order valence-corrected chi connectivity index (χ4v) is 8.10. The highest BCUT2D eigenvalue weighted by Crippen LogP contribution is 2.46. The van der Waals surface area contributed by atoms with Crippen LogP contribution >= 0.6 is 0 Å². The minimum absolute atomic E-state index is 0.937. The first-order valence-corrected chi connectivity index (χ1v) is 17.8. The summed E-state index contributed by atoms with van der Waals surface area (Å²) >= 11 is 0. The average Bonchev–Trinajstić information content (AvgIpc) is 3.21. The fourth-order valence-electron chi connectivity index (χ4n) is 8.10. The van der Waals surface area contributed by atoms with Crippen LogP contribution in [-0.4, -0.2) is 15.0 Å². The molecule has 0 saturated carbocycles. The Labute approximate surface area is 301 Å². The van der Waals surface area contributed by atoms with E-state index >= 15 is 0 Å². The highest BCUT2D eigenvalue weighted by atomic mass is 14.7. The Balaban J connectivity index is 1.33. The molecule has 3 nitrogen and oxygen atoms in total. The molecule has 10 aromatic rings. The van der Waals surface area contributed by atoms with Gasteiger partial charge in [0.1, 0.15) is 0 Å². The first-order valence-electron chi connectivity index (χ1n) is 17.8. The molecular formula is C49H33N3. The summed E-state index contributed by atoms with van der Waals surface area (Å²) in [4.78, 5) is 16.0. The fraction of sp³-hybridized carbons (Fsp3) is 0.0408. The third-order valence-electron chi connectivity index (χ3n) is 10.6. The molecule has 0 bridgehead atoms. The molecule has 3 heteroatoms. The van der Waals surface area contributed by atoms with Gasteiger partial charge in [-0.05, 0) is 71.1 Å². The Morgan fingerprint density at radius 2 is 0.808 bits per heavy atom. The molecule has 0 saturated heterocycles. The van der Waals surface area contributed by atoms with Gasteiger partial charge in [0.05, 0.1) is 33.6 Å². The molecule has 7 aromatic carbocycles. The maximum atomic E-state index is 5.50. The number of benzene rings is 7. The third kappa shape index (κ3) is 4.78. The standard InChI is InChI=1S/C49H33N3/c1-30-44-38-25-22-36(32-14-6-3-7-15-32)28-42(38)51-48(34-17-8-4-9-18-34)46(44)31(2)45-39-26-23-37(41-27-24-33-16-12-13-21-40(33)50-41)29-43(39)52-49(47(30)45)35-19-10-5-11-20-35/h3-29H,1-2H3. The molecule has 0 aliphatic heterocycles. The summed E-state index contributed by atoms with van der Waals surface area (Å²) in [6, 6.07) is 57.7. The molecule has 0 N–H and O–H groups in total. The van der Waals surface area contributed by atoms with Crippen molar-refractivity contribution in [2.45, 2.75) is 13.8 Å². The summed E-state index contributed by atoms with van der Waals surface area (Å²) in [5.74, 6) is 0. The lowest BCUT2D eigenvalue weighted by Crippen LogP contribution is -2.00. The van der Waals surface area contributed by atoms with E-state index in [1.807, 2.05) is 6.07 Å². The number of rotatable bonds is 4. The van der Waals surface area contributed by atoms with E-state index < -0.39 is 0 Å². The highest BCUT2D eigenvalue weighted by Gasteiger charge is 2.23. The number of nitrogens with zero attached hydrogens (tertiary/aromatic N) is 3. The molecule has 244 valence electrons. The van der Waals surface area contributed by atoms with E-state index in [0.717, 1.165) is 72.0 Å². The van der Waals surface area contributed by atoms with Gasteiger partial charge in [0, 0.05) is 43.6 Å². The largest absolute Gasteiger partial charge is 0.248 e. The maximum Gasteiger partial charge on any atom is 0.0791 e. The summed E-state index contributed by atoms with van der Waals surface area (Å²) in [5, 5.41) is 8.21. The van der Waals surface area contributed by atoms with Crippen LogP contribution in [-0.2, 0) is 0 Å². The highest BCUT2D eigenvalue weighted by molar-refractivity contribution is 6.25. The molecule has 0 aliphatic carbocycles. The summed E-state index contributed by atoms with van der Waals surface area (Å²) < 4.78 is 0. The zero-order valence-corrected chi connectivity index (χ0v) is 28.9. The molecule has 0 radical (unpaired) electrons. The van der Waals surface area contributed by atoms with Crippen LogP contribution in [0.4, 0.5) is 0 Å². The smallest absolute Gasteiger partial charge is 0.0791 e. The molecule has 3 heterocycles. The van der Waals surface area contributed by atoms with Gasteiger partial charge in [0.15, 0.2) is 0 Å². The molecule has 0 atom stereocenters. The van der Waals surface area contributed by atoms with Crippen LogP contribution in [0.25, 0.3) is 99.2 Å². The van der Waals surface area contributed by atoms with Crippen molar-refractivity contribution in [2.75, 3.05) is 0 Å². The first kappa shape index (κ1) is 30.1. The van der Waals surface area contributed by atoms with Crippen LogP contribution in [0.2, 0.25) is 0 Å². The van der Waals surface area contributed by atoms with E-state index in [1.54, 1.807) is 0 Å². The molecule has 52 heavy (non-hydrogen) atoms. The van der Waals surface area contributed by atoms with E-state index in [-0.39, 0.29) is 0 Å². The number of aryl methyl sites for hydroxylation is 2. The van der Waals surface area contributed by atoms with Crippen molar-refractivity contribution in [2.24, 2.45) is 0 Å². The molecule has 0 unspecified atom stereocenters. The maximum absolute atomic E-state index is 5.50. The second kappa shape index (κ2) is 12.0.